The molecule has 156 valence electrons. The maximum Gasteiger partial charge on any atom is 0.255 e. The second-order valence-corrected chi connectivity index (χ2v) is 8.20. The van der Waals surface area contributed by atoms with Gasteiger partial charge in [0.15, 0.2) is 0 Å². The molecule has 3 rings (SSSR count). The molecule has 0 atom stereocenters. The largest absolute Gasteiger partial charge is 0.495 e. The van der Waals surface area contributed by atoms with Gasteiger partial charge in [0.05, 0.1) is 26.9 Å². The van der Waals surface area contributed by atoms with Gasteiger partial charge in [-0.15, -0.1) is 0 Å². The van der Waals surface area contributed by atoms with E-state index in [1.54, 1.807) is 24.3 Å². The van der Waals surface area contributed by atoms with Gasteiger partial charge in [0.25, 0.3) is 5.91 Å². The van der Waals surface area contributed by atoms with Crippen LogP contribution in [0, 0.1) is 0 Å². The Kier molecular flexibility index (Phi) is 6.73. The molecule has 29 heavy (non-hydrogen) atoms. The molecule has 1 heterocycles. The van der Waals surface area contributed by atoms with Crippen molar-refractivity contribution >= 4 is 21.6 Å². The van der Waals surface area contributed by atoms with Gasteiger partial charge in [-0.2, -0.15) is 4.31 Å². The van der Waals surface area contributed by atoms with Crippen molar-refractivity contribution in [1.82, 2.24) is 4.31 Å². The Morgan fingerprint density at radius 1 is 1.14 bits per heavy atom. The van der Waals surface area contributed by atoms with Crippen molar-refractivity contribution in [3.8, 4) is 11.5 Å². The molecular weight excluding hydrogens is 396 g/mol. The molecule has 1 fully saturated rings. The third kappa shape index (κ3) is 4.87. The lowest BCUT2D eigenvalue weighted by atomic mass is 10.2. The van der Waals surface area contributed by atoms with Crippen LogP contribution in [0.15, 0.2) is 47.4 Å². The number of morpholine rings is 1. The molecule has 1 aliphatic heterocycles. The minimum atomic E-state index is -3.81. The fourth-order valence-corrected chi connectivity index (χ4v) is 4.54. The second-order valence-electron chi connectivity index (χ2n) is 6.29. The molecule has 8 nitrogen and oxygen atoms in total. The first-order chi connectivity index (χ1) is 14.0. The van der Waals surface area contributed by atoms with Gasteiger partial charge >= 0.3 is 0 Å². The zero-order valence-corrected chi connectivity index (χ0v) is 17.2. The smallest absolute Gasteiger partial charge is 0.255 e. The van der Waals surface area contributed by atoms with Crippen molar-refractivity contribution in [2.24, 2.45) is 0 Å². The highest BCUT2D eigenvalue weighted by molar-refractivity contribution is 7.89. The molecule has 0 unspecified atom stereocenters. The van der Waals surface area contributed by atoms with Crippen LogP contribution in [0.2, 0.25) is 0 Å². The van der Waals surface area contributed by atoms with Crippen LogP contribution in [-0.2, 0) is 14.8 Å². The van der Waals surface area contributed by atoms with Gasteiger partial charge < -0.3 is 19.5 Å². The molecule has 9 heteroatoms. The summed E-state index contributed by atoms with van der Waals surface area (Å²) < 4.78 is 43.3. The Morgan fingerprint density at radius 3 is 2.45 bits per heavy atom. The minimum Gasteiger partial charge on any atom is -0.495 e. The van der Waals surface area contributed by atoms with Crippen LogP contribution in [0.25, 0.3) is 0 Å². The fourth-order valence-electron chi connectivity index (χ4n) is 2.95. The Balaban J connectivity index is 1.84. The average Bonchev–Trinajstić information content (AvgIpc) is 2.75. The van der Waals surface area contributed by atoms with Crippen molar-refractivity contribution < 1.29 is 27.4 Å². The number of sulfonamides is 1. The summed E-state index contributed by atoms with van der Waals surface area (Å²) in [6.07, 6.45) is 0. The van der Waals surface area contributed by atoms with Crippen LogP contribution in [0.4, 0.5) is 5.69 Å². The lowest BCUT2D eigenvalue weighted by Crippen LogP contribution is -2.40. The summed E-state index contributed by atoms with van der Waals surface area (Å²) in [5.41, 5.74) is 0.790. The van der Waals surface area contributed by atoms with Gasteiger partial charge in [0, 0.05) is 24.3 Å². The Labute approximate surface area is 170 Å². The summed E-state index contributed by atoms with van der Waals surface area (Å²) in [6.45, 7) is 3.63. The maximum absolute atomic E-state index is 13.0. The molecule has 1 amide bonds. The van der Waals surface area contributed by atoms with Crippen LogP contribution < -0.4 is 14.8 Å². The molecule has 1 N–H and O–H groups in total. The number of benzene rings is 2. The fraction of sp³-hybridized carbons (Fsp3) is 0.350. The number of hydrogen-bond donors (Lipinski definition) is 1. The number of hydrogen-bond acceptors (Lipinski definition) is 6. The van der Waals surface area contributed by atoms with Crippen molar-refractivity contribution in [3.63, 3.8) is 0 Å². The third-order valence-corrected chi connectivity index (χ3v) is 6.36. The molecule has 0 saturated carbocycles. The van der Waals surface area contributed by atoms with E-state index in [-0.39, 0.29) is 29.3 Å². The van der Waals surface area contributed by atoms with E-state index in [0.29, 0.717) is 31.3 Å². The zero-order chi connectivity index (χ0) is 20.9. The van der Waals surface area contributed by atoms with E-state index < -0.39 is 15.9 Å². The van der Waals surface area contributed by atoms with E-state index in [4.69, 9.17) is 14.2 Å². The standard InChI is InChI=1S/C20H24N2O6S/c1-3-28-17-7-5-16(6-8-17)21-20(23)15-4-9-18(26-2)19(14-15)29(24,25)22-10-12-27-13-11-22/h4-9,14H,3,10-13H2,1-2H3,(H,21,23). The second kappa shape index (κ2) is 9.25. The summed E-state index contributed by atoms with van der Waals surface area (Å²) in [4.78, 5) is 12.6. The summed E-state index contributed by atoms with van der Waals surface area (Å²) in [5, 5.41) is 2.76. The van der Waals surface area contributed by atoms with Crippen LogP contribution in [0.3, 0.4) is 0 Å². The van der Waals surface area contributed by atoms with E-state index >= 15 is 0 Å². The van der Waals surface area contributed by atoms with Crippen LogP contribution in [0.1, 0.15) is 17.3 Å². The molecular formula is C20H24N2O6S. The zero-order valence-electron chi connectivity index (χ0n) is 16.4. The lowest BCUT2D eigenvalue weighted by Gasteiger charge is -2.26. The van der Waals surface area contributed by atoms with Crippen LogP contribution in [-0.4, -0.2) is 58.7 Å². The highest BCUT2D eigenvalue weighted by atomic mass is 32.2. The number of carbonyl (C=O) groups excluding carboxylic acids is 1. The Morgan fingerprint density at radius 2 is 1.83 bits per heavy atom. The lowest BCUT2D eigenvalue weighted by molar-refractivity contribution is 0.0729. The number of amides is 1. The molecule has 2 aromatic rings. The van der Waals surface area contributed by atoms with E-state index in [2.05, 4.69) is 5.32 Å². The molecule has 1 aliphatic rings. The first-order valence-electron chi connectivity index (χ1n) is 9.26. The number of nitrogens with zero attached hydrogens (tertiary/aromatic N) is 1. The number of rotatable bonds is 7. The van der Waals surface area contributed by atoms with Crippen molar-refractivity contribution in [3.05, 3.63) is 48.0 Å². The van der Waals surface area contributed by atoms with E-state index in [9.17, 15) is 13.2 Å². The SMILES string of the molecule is CCOc1ccc(NC(=O)c2ccc(OC)c(S(=O)(=O)N3CCOCC3)c2)cc1. The Bertz CT molecular complexity index is 953. The Hall–Kier alpha value is -2.62. The summed E-state index contributed by atoms with van der Waals surface area (Å²) in [5.74, 6) is 0.471. The maximum atomic E-state index is 13.0. The number of carbonyl (C=O) groups is 1. The van der Waals surface area contributed by atoms with Gasteiger partial charge in [-0.25, -0.2) is 8.42 Å². The molecule has 0 aliphatic carbocycles. The van der Waals surface area contributed by atoms with Crippen LogP contribution in [0.5, 0.6) is 11.5 Å². The van der Waals surface area contributed by atoms with Gasteiger partial charge in [-0.1, -0.05) is 0 Å². The number of methoxy groups -OCH3 is 1. The van der Waals surface area contributed by atoms with E-state index in [0.717, 1.165) is 0 Å². The van der Waals surface area contributed by atoms with E-state index in [1.165, 1.54) is 29.6 Å². The van der Waals surface area contributed by atoms with Gasteiger partial charge in [0.2, 0.25) is 10.0 Å². The molecule has 2 aromatic carbocycles. The predicted octanol–water partition coefficient (Wildman–Crippen LogP) is 2.37. The summed E-state index contributed by atoms with van der Waals surface area (Å²) in [7, 11) is -2.42. The summed E-state index contributed by atoms with van der Waals surface area (Å²) in [6, 6.07) is 11.3. The van der Waals surface area contributed by atoms with Gasteiger partial charge in [-0.05, 0) is 49.4 Å². The monoisotopic (exact) mass is 420 g/mol. The summed E-state index contributed by atoms with van der Waals surface area (Å²) >= 11 is 0. The number of ether oxygens (including phenoxy) is 3. The molecule has 1 saturated heterocycles. The number of nitrogens with one attached hydrogen (secondary N) is 1. The molecule has 0 aromatic heterocycles. The highest BCUT2D eigenvalue weighted by Crippen LogP contribution is 2.29. The first-order valence-corrected chi connectivity index (χ1v) is 10.7. The van der Waals surface area contributed by atoms with Gasteiger partial charge in [0.1, 0.15) is 16.4 Å². The van der Waals surface area contributed by atoms with E-state index in [1.807, 2.05) is 6.92 Å². The highest BCUT2D eigenvalue weighted by Gasteiger charge is 2.30. The molecule has 0 radical (unpaired) electrons. The number of anilines is 1. The first kappa shape index (κ1) is 21.1. The minimum absolute atomic E-state index is 0.0405. The molecule has 0 spiro atoms. The molecule has 0 bridgehead atoms. The van der Waals surface area contributed by atoms with Crippen molar-refractivity contribution in [2.75, 3.05) is 45.3 Å². The normalized spacial score (nSPS) is 15.0. The quantitative estimate of drug-likeness (QED) is 0.739. The van der Waals surface area contributed by atoms with Crippen molar-refractivity contribution in [1.29, 1.82) is 0 Å². The third-order valence-electron chi connectivity index (χ3n) is 4.44. The predicted molar refractivity (Wildman–Crippen MR) is 108 cm³/mol. The topological polar surface area (TPSA) is 94.2 Å². The van der Waals surface area contributed by atoms with Crippen molar-refractivity contribution in [2.45, 2.75) is 11.8 Å². The average molecular weight is 420 g/mol. The van der Waals surface area contributed by atoms with Gasteiger partial charge in [-0.3, -0.25) is 4.79 Å². The van der Waals surface area contributed by atoms with Crippen LogP contribution >= 0.6 is 0 Å².